The van der Waals surface area contributed by atoms with Gasteiger partial charge in [-0.3, -0.25) is 0 Å². The molecule has 0 saturated heterocycles. The molecule has 84 valence electrons. The van der Waals surface area contributed by atoms with E-state index in [1.807, 2.05) is 12.1 Å². The van der Waals surface area contributed by atoms with Crippen molar-refractivity contribution in [1.82, 2.24) is 0 Å². The zero-order valence-electron chi connectivity index (χ0n) is 9.55. The van der Waals surface area contributed by atoms with Gasteiger partial charge in [0.05, 0.1) is 11.1 Å². The highest BCUT2D eigenvalue weighted by Crippen LogP contribution is 2.27. The topological polar surface area (TPSA) is 9.23 Å². The van der Waals surface area contributed by atoms with E-state index in [0.717, 1.165) is 23.2 Å². The average molecular weight is 271 g/mol. The Morgan fingerprint density at radius 2 is 2.00 bits per heavy atom. The highest BCUT2D eigenvalue weighted by atomic mass is 79.9. The van der Waals surface area contributed by atoms with Crippen LogP contribution in [-0.2, 0) is 0 Å². The first-order valence-electron chi connectivity index (χ1n) is 5.63. The first-order valence-corrected chi connectivity index (χ1v) is 6.43. The second-order valence-electron chi connectivity index (χ2n) is 3.80. The Kier molecular flexibility index (Phi) is 5.77. The minimum atomic E-state index is 0.821. The van der Waals surface area contributed by atoms with E-state index >= 15 is 0 Å². The molecule has 0 spiro atoms. The Morgan fingerprint density at radius 1 is 1.20 bits per heavy atom. The summed E-state index contributed by atoms with van der Waals surface area (Å²) in [4.78, 5) is 0. The van der Waals surface area contributed by atoms with Gasteiger partial charge in [-0.2, -0.15) is 0 Å². The summed E-state index contributed by atoms with van der Waals surface area (Å²) < 4.78 is 6.80. The summed E-state index contributed by atoms with van der Waals surface area (Å²) in [6.07, 6.45) is 4.99. The number of hydrogen-bond acceptors (Lipinski definition) is 1. The Bertz CT molecular complexity index is 297. The second-order valence-corrected chi connectivity index (χ2v) is 4.59. The highest BCUT2D eigenvalue weighted by Gasteiger charge is 2.02. The van der Waals surface area contributed by atoms with Crippen molar-refractivity contribution < 1.29 is 4.74 Å². The second kappa shape index (κ2) is 6.89. The van der Waals surface area contributed by atoms with Crippen LogP contribution < -0.4 is 4.74 Å². The van der Waals surface area contributed by atoms with Crippen LogP contribution in [0.4, 0.5) is 0 Å². The summed E-state index contributed by atoms with van der Waals surface area (Å²) in [5.41, 5.74) is 1.22. The van der Waals surface area contributed by atoms with Crippen molar-refractivity contribution in [3.05, 3.63) is 28.2 Å². The van der Waals surface area contributed by atoms with Crippen molar-refractivity contribution >= 4 is 15.9 Å². The molecule has 0 N–H and O–H groups in total. The van der Waals surface area contributed by atoms with Gasteiger partial charge in [0.1, 0.15) is 5.75 Å². The number of aryl methyl sites for hydroxylation is 1. The Labute approximate surface area is 101 Å². The van der Waals surface area contributed by atoms with Gasteiger partial charge in [-0.25, -0.2) is 0 Å². The van der Waals surface area contributed by atoms with E-state index in [9.17, 15) is 0 Å². The quantitative estimate of drug-likeness (QED) is 0.680. The predicted molar refractivity (Wildman–Crippen MR) is 68.5 cm³/mol. The highest BCUT2D eigenvalue weighted by molar-refractivity contribution is 9.10. The van der Waals surface area contributed by atoms with Gasteiger partial charge < -0.3 is 4.74 Å². The number of hydrogen-bond donors (Lipinski definition) is 0. The van der Waals surface area contributed by atoms with Crippen molar-refractivity contribution in [2.45, 2.75) is 39.5 Å². The van der Waals surface area contributed by atoms with Gasteiger partial charge in [-0.15, -0.1) is 0 Å². The molecule has 0 saturated carbocycles. The standard InChI is InChI=1S/C13H19BrO/c1-3-4-5-6-10-15-12-9-7-8-11(2)13(12)14/h7-9H,3-6,10H2,1-2H3. The fraction of sp³-hybridized carbons (Fsp3) is 0.538. The van der Waals surface area contributed by atoms with Gasteiger partial charge in [0.25, 0.3) is 0 Å². The molecule has 1 aromatic rings. The van der Waals surface area contributed by atoms with Gasteiger partial charge in [0, 0.05) is 0 Å². The van der Waals surface area contributed by atoms with Crippen molar-refractivity contribution in [3.8, 4) is 5.75 Å². The maximum atomic E-state index is 5.72. The first-order chi connectivity index (χ1) is 7.25. The molecule has 0 heterocycles. The molecule has 0 aliphatic heterocycles. The van der Waals surface area contributed by atoms with Crippen LogP contribution in [0.3, 0.4) is 0 Å². The van der Waals surface area contributed by atoms with Gasteiger partial charge in [0.15, 0.2) is 0 Å². The first kappa shape index (κ1) is 12.6. The van der Waals surface area contributed by atoms with Gasteiger partial charge in [-0.1, -0.05) is 38.3 Å². The molecule has 0 fully saturated rings. The Balaban J connectivity index is 2.34. The third-order valence-electron chi connectivity index (χ3n) is 2.41. The van der Waals surface area contributed by atoms with E-state index in [1.54, 1.807) is 0 Å². The van der Waals surface area contributed by atoms with E-state index in [1.165, 1.54) is 24.8 Å². The zero-order chi connectivity index (χ0) is 11.1. The average Bonchev–Trinajstić information content (AvgIpc) is 2.24. The smallest absolute Gasteiger partial charge is 0.133 e. The summed E-state index contributed by atoms with van der Waals surface area (Å²) in [7, 11) is 0. The number of unbranched alkanes of at least 4 members (excludes halogenated alkanes) is 3. The molecule has 1 nitrogen and oxygen atoms in total. The summed E-state index contributed by atoms with van der Waals surface area (Å²) in [6, 6.07) is 6.12. The lowest BCUT2D eigenvalue weighted by Crippen LogP contribution is -1.98. The Hall–Kier alpha value is -0.500. The van der Waals surface area contributed by atoms with Crippen molar-refractivity contribution in [2.24, 2.45) is 0 Å². The lowest BCUT2D eigenvalue weighted by molar-refractivity contribution is 0.303. The van der Waals surface area contributed by atoms with Crippen molar-refractivity contribution in [1.29, 1.82) is 0 Å². The van der Waals surface area contributed by atoms with E-state index in [2.05, 4.69) is 35.8 Å². The minimum absolute atomic E-state index is 0.821. The van der Waals surface area contributed by atoms with E-state index in [4.69, 9.17) is 4.74 Å². The molecule has 0 amide bonds. The van der Waals surface area contributed by atoms with Gasteiger partial charge in [0.2, 0.25) is 0 Å². The third-order valence-corrected chi connectivity index (χ3v) is 3.43. The molecule has 1 rings (SSSR count). The summed E-state index contributed by atoms with van der Waals surface area (Å²) in [5.74, 6) is 0.964. The lowest BCUT2D eigenvalue weighted by atomic mass is 10.2. The largest absolute Gasteiger partial charge is 0.492 e. The summed E-state index contributed by atoms with van der Waals surface area (Å²) >= 11 is 3.54. The zero-order valence-corrected chi connectivity index (χ0v) is 11.1. The molecular weight excluding hydrogens is 252 g/mol. The third kappa shape index (κ3) is 4.25. The monoisotopic (exact) mass is 270 g/mol. The molecule has 0 aliphatic rings. The minimum Gasteiger partial charge on any atom is -0.492 e. The van der Waals surface area contributed by atoms with Crippen LogP contribution in [0.2, 0.25) is 0 Å². The fourth-order valence-corrected chi connectivity index (χ4v) is 1.82. The molecule has 0 atom stereocenters. The molecule has 0 aliphatic carbocycles. The Morgan fingerprint density at radius 3 is 2.73 bits per heavy atom. The van der Waals surface area contributed by atoms with E-state index in [0.29, 0.717) is 0 Å². The van der Waals surface area contributed by atoms with Crippen LogP contribution in [-0.4, -0.2) is 6.61 Å². The maximum Gasteiger partial charge on any atom is 0.133 e. The molecule has 0 radical (unpaired) electrons. The van der Waals surface area contributed by atoms with Crippen LogP contribution in [0.25, 0.3) is 0 Å². The molecule has 0 aromatic heterocycles. The van der Waals surface area contributed by atoms with Crippen LogP contribution in [0.1, 0.15) is 38.2 Å². The summed E-state index contributed by atoms with van der Waals surface area (Å²) in [5, 5.41) is 0. The molecule has 15 heavy (non-hydrogen) atoms. The van der Waals surface area contributed by atoms with Crippen LogP contribution in [0.5, 0.6) is 5.75 Å². The van der Waals surface area contributed by atoms with Gasteiger partial charge in [-0.05, 0) is 40.9 Å². The fourth-order valence-electron chi connectivity index (χ4n) is 1.44. The number of halogens is 1. The molecule has 1 aromatic carbocycles. The summed E-state index contributed by atoms with van der Waals surface area (Å²) in [6.45, 7) is 5.12. The lowest BCUT2D eigenvalue weighted by Gasteiger charge is -2.09. The van der Waals surface area contributed by atoms with Crippen molar-refractivity contribution in [3.63, 3.8) is 0 Å². The molecule has 0 bridgehead atoms. The maximum absolute atomic E-state index is 5.72. The number of rotatable bonds is 6. The van der Waals surface area contributed by atoms with E-state index in [-0.39, 0.29) is 0 Å². The predicted octanol–water partition coefficient (Wildman–Crippen LogP) is 4.72. The molecule has 0 unspecified atom stereocenters. The van der Waals surface area contributed by atoms with E-state index < -0.39 is 0 Å². The van der Waals surface area contributed by atoms with Gasteiger partial charge >= 0.3 is 0 Å². The van der Waals surface area contributed by atoms with Crippen LogP contribution >= 0.6 is 15.9 Å². The molecule has 2 heteroatoms. The molecular formula is C13H19BrO. The number of ether oxygens (including phenoxy) is 1. The van der Waals surface area contributed by atoms with Crippen molar-refractivity contribution in [2.75, 3.05) is 6.61 Å². The van der Waals surface area contributed by atoms with Crippen LogP contribution in [0, 0.1) is 6.92 Å². The van der Waals surface area contributed by atoms with Crippen LogP contribution in [0.15, 0.2) is 22.7 Å². The SMILES string of the molecule is CCCCCCOc1cccc(C)c1Br. The number of benzene rings is 1. The normalized spacial score (nSPS) is 10.3.